The van der Waals surface area contributed by atoms with Crippen LogP contribution >= 0.6 is 0 Å². The first kappa shape index (κ1) is 31.3. The highest BCUT2D eigenvalue weighted by Crippen LogP contribution is 2.44. The van der Waals surface area contributed by atoms with Gasteiger partial charge in [0.05, 0.1) is 27.6 Å². The van der Waals surface area contributed by atoms with Crippen LogP contribution in [-0.4, -0.2) is 18.9 Å². The molecule has 53 heavy (non-hydrogen) atoms. The Kier molecular flexibility index (Phi) is 7.12. The van der Waals surface area contributed by atoms with Gasteiger partial charge in [-0.05, 0) is 94.6 Å². The van der Waals surface area contributed by atoms with Gasteiger partial charge < -0.3 is 4.74 Å². The van der Waals surface area contributed by atoms with Crippen molar-refractivity contribution in [2.24, 2.45) is 0 Å². The number of fused-ring (bicyclic) bond motifs is 11. The van der Waals surface area contributed by atoms with E-state index in [9.17, 15) is 0 Å². The van der Waals surface area contributed by atoms with E-state index in [-0.39, 0.29) is 0 Å². The third-order valence-electron chi connectivity index (χ3n) is 10.7. The number of benzene rings is 6. The maximum atomic E-state index is 6.72. The Morgan fingerprint density at radius 2 is 1.19 bits per heavy atom. The van der Waals surface area contributed by atoms with Gasteiger partial charge in [-0.15, -0.1) is 0 Å². The molecular weight excluding hydrogens is 649 g/mol. The van der Waals surface area contributed by atoms with Gasteiger partial charge in [0, 0.05) is 39.4 Å². The molecule has 0 atom stereocenters. The molecular formula is C48H38N4O. The van der Waals surface area contributed by atoms with Crippen molar-refractivity contribution >= 4 is 60.2 Å². The van der Waals surface area contributed by atoms with Crippen molar-refractivity contribution in [2.75, 3.05) is 0 Å². The molecule has 0 unspecified atom stereocenters. The van der Waals surface area contributed by atoms with E-state index in [1.54, 1.807) is 0 Å². The van der Waals surface area contributed by atoms with Gasteiger partial charge in [0.25, 0.3) is 0 Å². The minimum atomic E-state index is 0.374. The summed E-state index contributed by atoms with van der Waals surface area (Å²) in [5.74, 6) is 3.14. The molecule has 0 amide bonds. The van der Waals surface area contributed by atoms with Crippen LogP contribution in [0.15, 0.2) is 146 Å². The average molecular weight is 687 g/mol. The van der Waals surface area contributed by atoms with Crippen LogP contribution in [0.2, 0.25) is 0 Å². The molecule has 10 aromatic rings. The number of nitrogens with zero attached hydrogens (tertiary/aromatic N) is 4. The maximum absolute atomic E-state index is 6.72. The Morgan fingerprint density at radius 1 is 0.528 bits per heavy atom. The molecule has 4 aromatic heterocycles. The molecule has 0 saturated heterocycles. The van der Waals surface area contributed by atoms with E-state index in [0.717, 1.165) is 61.2 Å². The normalized spacial score (nSPS) is 12.1. The zero-order valence-corrected chi connectivity index (χ0v) is 30.2. The molecule has 0 saturated carbocycles. The lowest BCUT2D eigenvalue weighted by Gasteiger charge is -2.22. The number of ether oxygens (including phenoxy) is 1. The summed E-state index contributed by atoms with van der Waals surface area (Å²) in [6, 6.07) is 49.3. The first-order chi connectivity index (χ1) is 26.0. The first-order valence-corrected chi connectivity index (χ1v) is 18.5. The first-order valence-electron chi connectivity index (χ1n) is 18.5. The number of pyridine rings is 2. The van der Waals surface area contributed by atoms with Crippen LogP contribution in [0.25, 0.3) is 77.1 Å². The van der Waals surface area contributed by atoms with E-state index < -0.39 is 0 Å². The average Bonchev–Trinajstić information content (AvgIpc) is 3.74. The largest absolute Gasteiger partial charge is 0.457 e. The highest BCUT2D eigenvalue weighted by molar-refractivity contribution is 6.17. The van der Waals surface area contributed by atoms with Gasteiger partial charge in [-0.25, -0.2) is 9.97 Å². The molecule has 0 fully saturated rings. The minimum absolute atomic E-state index is 0.374. The summed E-state index contributed by atoms with van der Waals surface area (Å²) in [5, 5.41) is 5.73. The second kappa shape index (κ2) is 12.1. The van der Waals surface area contributed by atoms with Crippen LogP contribution in [-0.2, 0) is 0 Å². The summed E-state index contributed by atoms with van der Waals surface area (Å²) in [6.45, 7) is 9.18. The number of para-hydroxylation sites is 4. The Hall–Kier alpha value is -6.46. The molecule has 6 aromatic carbocycles. The monoisotopic (exact) mass is 686 g/mol. The molecule has 0 aliphatic carbocycles. The summed E-state index contributed by atoms with van der Waals surface area (Å²) in [4.78, 5) is 10.0. The summed E-state index contributed by atoms with van der Waals surface area (Å²) < 4.78 is 11.3. The zero-order chi connectivity index (χ0) is 35.8. The van der Waals surface area contributed by atoms with Gasteiger partial charge in [-0.1, -0.05) is 100 Å². The summed E-state index contributed by atoms with van der Waals surface area (Å²) in [7, 11) is 0. The van der Waals surface area contributed by atoms with E-state index in [0.29, 0.717) is 11.8 Å². The Labute approximate surface area is 307 Å². The molecule has 0 aliphatic heterocycles. The van der Waals surface area contributed by atoms with Crippen molar-refractivity contribution in [3.05, 3.63) is 157 Å². The van der Waals surface area contributed by atoms with Crippen molar-refractivity contribution < 1.29 is 4.74 Å². The summed E-state index contributed by atoms with van der Waals surface area (Å²) >= 11 is 0. The second-order valence-corrected chi connectivity index (χ2v) is 14.6. The van der Waals surface area contributed by atoms with Crippen LogP contribution in [0, 0.1) is 0 Å². The van der Waals surface area contributed by atoms with Crippen molar-refractivity contribution in [3.63, 3.8) is 0 Å². The lowest BCUT2D eigenvalue weighted by molar-refractivity contribution is 0.484. The summed E-state index contributed by atoms with van der Waals surface area (Å²) in [5.41, 5.74) is 11.6. The number of rotatable bonds is 6. The highest BCUT2D eigenvalue weighted by Gasteiger charge is 2.22. The molecule has 0 radical (unpaired) electrons. The molecule has 5 nitrogen and oxygen atoms in total. The second-order valence-electron chi connectivity index (χ2n) is 14.6. The van der Waals surface area contributed by atoms with E-state index in [1.165, 1.54) is 38.5 Å². The number of hydrogen-bond acceptors (Lipinski definition) is 3. The Morgan fingerprint density at radius 3 is 1.96 bits per heavy atom. The number of hydrogen-bond donors (Lipinski definition) is 0. The summed E-state index contributed by atoms with van der Waals surface area (Å²) in [6.07, 6.45) is 1.84. The van der Waals surface area contributed by atoms with E-state index >= 15 is 0 Å². The van der Waals surface area contributed by atoms with E-state index in [1.807, 2.05) is 24.4 Å². The fourth-order valence-electron chi connectivity index (χ4n) is 8.39. The molecule has 10 rings (SSSR count). The topological polar surface area (TPSA) is 44.3 Å². The fraction of sp³-hybridized carbons (Fsp3) is 0.125. The quantitative estimate of drug-likeness (QED) is 0.164. The van der Waals surface area contributed by atoms with Crippen molar-refractivity contribution in [2.45, 2.75) is 39.5 Å². The van der Waals surface area contributed by atoms with Crippen LogP contribution in [0.4, 0.5) is 0 Å². The molecule has 0 spiro atoms. The lowest BCUT2D eigenvalue weighted by atomic mass is 9.84. The number of imidazole rings is 1. The Bertz CT molecular complexity index is 3020. The van der Waals surface area contributed by atoms with Crippen LogP contribution in [0.1, 0.15) is 50.7 Å². The van der Waals surface area contributed by atoms with Gasteiger partial charge in [-0.2, -0.15) is 0 Å². The van der Waals surface area contributed by atoms with Crippen LogP contribution < -0.4 is 4.74 Å². The lowest BCUT2D eigenvalue weighted by Crippen LogP contribution is -2.02. The fourth-order valence-corrected chi connectivity index (χ4v) is 8.39. The molecule has 5 heteroatoms. The number of aromatic nitrogens is 4. The standard InChI is InChI=1S/C48H38N4O/c1-29(2)33-14-11-15-34(30(3)4)46(33)39-17-12-16-38-35-24-22-31(27-40(35)48-50-41-18-6-8-20-43(41)52(48)47(38)39)53-32-23-25-37-36-13-5-7-19-42(36)51(44(37)28-32)45-21-9-10-26-49-45/h5-30H,1-4H3. The molecule has 0 aliphatic rings. The third-order valence-corrected chi connectivity index (χ3v) is 10.7. The predicted molar refractivity (Wildman–Crippen MR) is 220 cm³/mol. The van der Waals surface area contributed by atoms with Gasteiger partial charge in [0.15, 0.2) is 0 Å². The van der Waals surface area contributed by atoms with Crippen LogP contribution in [0.3, 0.4) is 0 Å². The smallest absolute Gasteiger partial charge is 0.146 e. The molecule has 0 bridgehead atoms. The molecule has 0 N–H and O–H groups in total. The minimum Gasteiger partial charge on any atom is -0.457 e. The van der Waals surface area contributed by atoms with E-state index in [2.05, 4.69) is 158 Å². The highest BCUT2D eigenvalue weighted by atomic mass is 16.5. The van der Waals surface area contributed by atoms with Gasteiger partial charge in [-0.3, -0.25) is 8.97 Å². The maximum Gasteiger partial charge on any atom is 0.146 e. The van der Waals surface area contributed by atoms with Gasteiger partial charge in [0.2, 0.25) is 0 Å². The molecule has 256 valence electrons. The van der Waals surface area contributed by atoms with Crippen molar-refractivity contribution in [1.82, 2.24) is 18.9 Å². The van der Waals surface area contributed by atoms with Crippen LogP contribution in [0.5, 0.6) is 11.5 Å². The van der Waals surface area contributed by atoms with Gasteiger partial charge in [0.1, 0.15) is 23.0 Å². The van der Waals surface area contributed by atoms with Crippen molar-refractivity contribution in [3.8, 4) is 28.4 Å². The van der Waals surface area contributed by atoms with E-state index in [4.69, 9.17) is 14.7 Å². The van der Waals surface area contributed by atoms with Gasteiger partial charge >= 0.3 is 0 Å². The zero-order valence-electron chi connectivity index (χ0n) is 30.2. The van der Waals surface area contributed by atoms with Crippen molar-refractivity contribution in [1.29, 1.82) is 0 Å². The predicted octanol–water partition coefficient (Wildman–Crippen LogP) is 13.0. The molecule has 4 heterocycles. The third kappa shape index (κ3) is 4.84. The Balaban J connectivity index is 1.20. The SMILES string of the molecule is CC(C)c1cccc(C(C)C)c1-c1cccc2c3ccc(Oc4ccc5c6ccccc6n(-c6ccccn6)c5c4)cc3c3nc4ccccc4n3c12.